The van der Waals surface area contributed by atoms with Crippen LogP contribution in [0.15, 0.2) is 18.2 Å². The van der Waals surface area contributed by atoms with Crippen LogP contribution in [0.3, 0.4) is 0 Å². The number of methoxy groups -OCH3 is 1. The van der Waals surface area contributed by atoms with Crippen LogP contribution < -0.4 is 0 Å². The minimum absolute atomic E-state index is 0.136. The monoisotopic (exact) mass is 246 g/mol. The summed E-state index contributed by atoms with van der Waals surface area (Å²) in [6, 6.07) is 4.37. The van der Waals surface area contributed by atoms with Gasteiger partial charge in [-0.15, -0.1) is 0 Å². The van der Waals surface area contributed by atoms with E-state index in [1.165, 1.54) is 13.2 Å². The van der Waals surface area contributed by atoms with E-state index in [9.17, 15) is 13.2 Å². The molecule has 17 heavy (non-hydrogen) atoms. The van der Waals surface area contributed by atoms with Gasteiger partial charge in [0, 0.05) is 13.0 Å². The molecule has 0 radical (unpaired) electrons. The van der Waals surface area contributed by atoms with Crippen LogP contribution in [0.1, 0.15) is 22.6 Å². The SMILES string of the molecule is COCc1ccc(C2COC2)c(C(F)(F)F)c1. The molecule has 0 unspecified atom stereocenters. The van der Waals surface area contributed by atoms with E-state index in [4.69, 9.17) is 9.47 Å². The van der Waals surface area contributed by atoms with Gasteiger partial charge in [0.15, 0.2) is 0 Å². The third-order valence-electron chi connectivity index (χ3n) is 2.81. The fourth-order valence-corrected chi connectivity index (χ4v) is 1.88. The maximum absolute atomic E-state index is 12.9. The van der Waals surface area contributed by atoms with Crippen molar-refractivity contribution in [2.45, 2.75) is 18.7 Å². The summed E-state index contributed by atoms with van der Waals surface area (Å²) in [5.74, 6) is -0.136. The molecule has 0 aromatic heterocycles. The van der Waals surface area contributed by atoms with E-state index < -0.39 is 11.7 Å². The molecular weight excluding hydrogens is 233 g/mol. The van der Waals surface area contributed by atoms with Crippen LogP contribution in [-0.2, 0) is 22.3 Å². The quantitative estimate of drug-likeness (QED) is 0.816. The van der Waals surface area contributed by atoms with E-state index in [0.717, 1.165) is 6.07 Å². The van der Waals surface area contributed by atoms with Crippen molar-refractivity contribution in [3.63, 3.8) is 0 Å². The second-order valence-corrected chi connectivity index (χ2v) is 4.09. The van der Waals surface area contributed by atoms with Crippen LogP contribution in [0.5, 0.6) is 0 Å². The van der Waals surface area contributed by atoms with Gasteiger partial charge in [0.2, 0.25) is 0 Å². The molecule has 0 saturated carbocycles. The molecule has 1 saturated heterocycles. The van der Waals surface area contributed by atoms with Crippen molar-refractivity contribution in [2.24, 2.45) is 0 Å². The minimum atomic E-state index is -4.32. The Morgan fingerprint density at radius 3 is 2.53 bits per heavy atom. The fourth-order valence-electron chi connectivity index (χ4n) is 1.88. The zero-order chi connectivity index (χ0) is 12.5. The lowest BCUT2D eigenvalue weighted by molar-refractivity contribution is -0.139. The summed E-state index contributed by atoms with van der Waals surface area (Å²) in [6.07, 6.45) is -4.32. The predicted octanol–water partition coefficient (Wildman–Crippen LogP) is 2.97. The largest absolute Gasteiger partial charge is 0.416 e. The molecule has 5 heteroatoms. The molecule has 0 atom stereocenters. The molecule has 1 fully saturated rings. The first kappa shape index (κ1) is 12.4. The van der Waals surface area contributed by atoms with Crippen LogP contribution in [-0.4, -0.2) is 20.3 Å². The van der Waals surface area contributed by atoms with Gasteiger partial charge in [-0.05, 0) is 17.2 Å². The van der Waals surface area contributed by atoms with Gasteiger partial charge in [-0.3, -0.25) is 0 Å². The number of hydrogen-bond donors (Lipinski definition) is 0. The second kappa shape index (κ2) is 4.66. The highest BCUT2D eigenvalue weighted by atomic mass is 19.4. The van der Waals surface area contributed by atoms with Crippen LogP contribution in [0.4, 0.5) is 13.2 Å². The average Bonchev–Trinajstić information content (AvgIpc) is 2.16. The van der Waals surface area contributed by atoms with E-state index in [-0.39, 0.29) is 12.5 Å². The molecule has 94 valence electrons. The molecule has 0 bridgehead atoms. The normalized spacial score (nSPS) is 16.9. The molecule has 0 amide bonds. The Kier molecular flexibility index (Phi) is 3.40. The maximum atomic E-state index is 12.9. The van der Waals surface area contributed by atoms with Gasteiger partial charge in [0.05, 0.1) is 25.4 Å². The lowest BCUT2D eigenvalue weighted by Gasteiger charge is -2.29. The third kappa shape index (κ3) is 2.61. The molecule has 2 nitrogen and oxygen atoms in total. The third-order valence-corrected chi connectivity index (χ3v) is 2.81. The summed E-state index contributed by atoms with van der Waals surface area (Å²) in [7, 11) is 1.46. The minimum Gasteiger partial charge on any atom is -0.380 e. The Hall–Kier alpha value is -1.07. The first-order chi connectivity index (χ1) is 8.02. The standard InChI is InChI=1S/C12H13F3O2/c1-16-5-8-2-3-10(9-6-17-7-9)11(4-8)12(13,14)15/h2-4,9H,5-7H2,1H3. The summed E-state index contributed by atoms with van der Waals surface area (Å²) >= 11 is 0. The number of rotatable bonds is 3. The number of hydrogen-bond acceptors (Lipinski definition) is 2. The number of alkyl halides is 3. The lowest BCUT2D eigenvalue weighted by atomic mass is 9.91. The highest BCUT2D eigenvalue weighted by Crippen LogP contribution is 2.38. The van der Waals surface area contributed by atoms with Gasteiger partial charge in [-0.25, -0.2) is 0 Å². The van der Waals surface area contributed by atoms with Crippen molar-refractivity contribution < 1.29 is 22.6 Å². The number of ether oxygens (including phenoxy) is 2. The van der Waals surface area contributed by atoms with E-state index in [0.29, 0.717) is 24.3 Å². The summed E-state index contributed by atoms with van der Waals surface area (Å²) in [4.78, 5) is 0. The van der Waals surface area contributed by atoms with Crippen molar-refractivity contribution in [1.82, 2.24) is 0 Å². The molecule has 0 N–H and O–H groups in total. The maximum Gasteiger partial charge on any atom is 0.416 e. The van der Waals surface area contributed by atoms with Crippen molar-refractivity contribution in [1.29, 1.82) is 0 Å². The van der Waals surface area contributed by atoms with Crippen molar-refractivity contribution >= 4 is 0 Å². The highest BCUT2D eigenvalue weighted by Gasteiger charge is 2.37. The predicted molar refractivity (Wildman–Crippen MR) is 55.7 cm³/mol. The zero-order valence-corrected chi connectivity index (χ0v) is 9.38. The molecular formula is C12H13F3O2. The molecule has 0 spiro atoms. The van der Waals surface area contributed by atoms with Gasteiger partial charge < -0.3 is 9.47 Å². The second-order valence-electron chi connectivity index (χ2n) is 4.09. The number of benzene rings is 1. The summed E-state index contributed by atoms with van der Waals surface area (Å²) in [6.45, 7) is 0.921. The summed E-state index contributed by atoms with van der Waals surface area (Å²) in [5, 5.41) is 0. The van der Waals surface area contributed by atoms with E-state index in [1.807, 2.05) is 0 Å². The first-order valence-corrected chi connectivity index (χ1v) is 5.29. The van der Waals surface area contributed by atoms with Crippen molar-refractivity contribution in [2.75, 3.05) is 20.3 Å². The van der Waals surface area contributed by atoms with Crippen LogP contribution in [0.2, 0.25) is 0 Å². The number of halogens is 3. The van der Waals surface area contributed by atoms with Crippen LogP contribution in [0.25, 0.3) is 0 Å². The highest BCUT2D eigenvalue weighted by molar-refractivity contribution is 5.37. The molecule has 1 aromatic carbocycles. The Balaban J connectivity index is 2.37. The topological polar surface area (TPSA) is 18.5 Å². The van der Waals surface area contributed by atoms with Crippen LogP contribution >= 0.6 is 0 Å². The van der Waals surface area contributed by atoms with E-state index in [2.05, 4.69) is 0 Å². The van der Waals surface area contributed by atoms with Gasteiger partial charge >= 0.3 is 6.18 Å². The van der Waals surface area contributed by atoms with Gasteiger partial charge in [-0.1, -0.05) is 12.1 Å². The van der Waals surface area contributed by atoms with Crippen LogP contribution in [0, 0.1) is 0 Å². The van der Waals surface area contributed by atoms with Gasteiger partial charge in [-0.2, -0.15) is 13.2 Å². The Labute approximate surface area is 97.3 Å². The molecule has 1 aliphatic rings. The Morgan fingerprint density at radius 2 is 2.06 bits per heavy atom. The van der Waals surface area contributed by atoms with E-state index >= 15 is 0 Å². The smallest absolute Gasteiger partial charge is 0.380 e. The molecule has 1 aliphatic heterocycles. The summed E-state index contributed by atoms with van der Waals surface area (Å²) in [5.41, 5.74) is 0.285. The van der Waals surface area contributed by atoms with Gasteiger partial charge in [0.25, 0.3) is 0 Å². The first-order valence-electron chi connectivity index (χ1n) is 5.29. The zero-order valence-electron chi connectivity index (χ0n) is 9.38. The fraction of sp³-hybridized carbons (Fsp3) is 0.500. The molecule has 2 rings (SSSR count). The average molecular weight is 246 g/mol. The summed E-state index contributed by atoms with van der Waals surface area (Å²) < 4.78 is 48.5. The van der Waals surface area contributed by atoms with Gasteiger partial charge in [0.1, 0.15) is 0 Å². The van der Waals surface area contributed by atoms with E-state index in [1.54, 1.807) is 6.07 Å². The Bertz CT molecular complexity index is 397. The Morgan fingerprint density at radius 1 is 1.35 bits per heavy atom. The van der Waals surface area contributed by atoms with Crippen molar-refractivity contribution in [3.8, 4) is 0 Å². The molecule has 1 heterocycles. The van der Waals surface area contributed by atoms with Crippen molar-refractivity contribution in [3.05, 3.63) is 34.9 Å². The lowest BCUT2D eigenvalue weighted by Crippen LogP contribution is -2.27. The molecule has 0 aliphatic carbocycles. The molecule has 1 aromatic rings.